The summed E-state index contributed by atoms with van der Waals surface area (Å²) in [5.74, 6) is 0.546. The maximum atomic E-state index is 11.6. The van der Waals surface area contributed by atoms with Crippen LogP contribution in [-0.4, -0.2) is 12.1 Å². The Kier molecular flexibility index (Phi) is 3.25. The number of allylic oxidation sites excluding steroid dienone is 2. The van der Waals surface area contributed by atoms with Gasteiger partial charge in [0.25, 0.3) is 0 Å². The highest BCUT2D eigenvalue weighted by Crippen LogP contribution is 2.35. The molecule has 0 heterocycles. The van der Waals surface area contributed by atoms with Crippen molar-refractivity contribution in [3.05, 3.63) is 11.6 Å². The number of Topliss-reactive ketones (excluding diaryl/α,β-unsaturated/α-hetero) is 1. The molecule has 0 unspecified atom stereocenters. The predicted molar refractivity (Wildman–Crippen MR) is 56.0 cm³/mol. The molecule has 0 saturated carbocycles. The van der Waals surface area contributed by atoms with Gasteiger partial charge in [0.1, 0.15) is 6.29 Å². The van der Waals surface area contributed by atoms with Gasteiger partial charge in [-0.1, -0.05) is 26.8 Å². The van der Waals surface area contributed by atoms with Gasteiger partial charge in [0.05, 0.1) is 0 Å². The minimum Gasteiger partial charge on any atom is -0.303 e. The summed E-state index contributed by atoms with van der Waals surface area (Å²) in [5, 5.41) is 0. The molecule has 78 valence electrons. The van der Waals surface area contributed by atoms with Crippen LogP contribution in [0.1, 0.15) is 40.0 Å². The van der Waals surface area contributed by atoms with Crippen LogP contribution in [0.4, 0.5) is 0 Å². The number of carbonyl (C=O) groups excluding carboxylic acids is 2. The number of hydrogen-bond acceptors (Lipinski definition) is 2. The largest absolute Gasteiger partial charge is 0.303 e. The van der Waals surface area contributed by atoms with E-state index in [9.17, 15) is 9.59 Å². The third kappa shape index (κ3) is 2.79. The Morgan fingerprint density at radius 2 is 2.21 bits per heavy atom. The molecule has 0 fully saturated rings. The fraction of sp³-hybridized carbons (Fsp3) is 0.667. The molecule has 0 spiro atoms. The molecule has 0 aromatic rings. The van der Waals surface area contributed by atoms with Crippen molar-refractivity contribution in [3.63, 3.8) is 0 Å². The van der Waals surface area contributed by atoms with Crippen LogP contribution in [0.3, 0.4) is 0 Å². The summed E-state index contributed by atoms with van der Waals surface area (Å²) in [6.07, 6.45) is 4.91. The summed E-state index contributed by atoms with van der Waals surface area (Å²) >= 11 is 0. The van der Waals surface area contributed by atoms with Gasteiger partial charge >= 0.3 is 0 Å². The Morgan fingerprint density at radius 3 is 2.64 bits per heavy atom. The van der Waals surface area contributed by atoms with E-state index in [-0.39, 0.29) is 17.1 Å². The fourth-order valence-electron chi connectivity index (χ4n) is 1.93. The van der Waals surface area contributed by atoms with Crippen molar-refractivity contribution in [3.8, 4) is 0 Å². The van der Waals surface area contributed by atoms with Gasteiger partial charge in [-0.05, 0) is 23.3 Å². The molecule has 0 amide bonds. The maximum Gasteiger partial charge on any atom is 0.159 e. The first-order chi connectivity index (χ1) is 6.44. The zero-order valence-electron chi connectivity index (χ0n) is 9.17. The van der Waals surface area contributed by atoms with Crippen LogP contribution in [0.5, 0.6) is 0 Å². The van der Waals surface area contributed by atoms with Crippen molar-refractivity contribution < 1.29 is 9.59 Å². The standard InChI is InChI=1S/C12H18O2/c1-9(4-5-13)6-10-7-12(2,3)8-11(10)14/h5,7,9H,4,6,8H2,1-3H3/t9-/m1/s1. The second-order valence-electron chi connectivity index (χ2n) is 4.97. The number of ketones is 1. The SMILES string of the molecule is C[C@H](CC=O)CC1=CC(C)(C)CC1=O. The lowest BCUT2D eigenvalue weighted by atomic mass is 9.93. The Labute approximate surface area is 85.4 Å². The molecule has 0 bridgehead atoms. The monoisotopic (exact) mass is 194 g/mol. The van der Waals surface area contributed by atoms with E-state index in [1.54, 1.807) is 0 Å². The molecular formula is C12H18O2. The average Bonchev–Trinajstić information content (AvgIpc) is 2.25. The molecule has 14 heavy (non-hydrogen) atoms. The number of aldehydes is 1. The zero-order chi connectivity index (χ0) is 10.8. The lowest BCUT2D eigenvalue weighted by molar-refractivity contribution is -0.116. The van der Waals surface area contributed by atoms with Crippen molar-refractivity contribution in [1.29, 1.82) is 0 Å². The summed E-state index contributed by atoms with van der Waals surface area (Å²) in [4.78, 5) is 21.9. The highest BCUT2D eigenvalue weighted by molar-refractivity contribution is 5.98. The van der Waals surface area contributed by atoms with Crippen LogP contribution < -0.4 is 0 Å². The highest BCUT2D eigenvalue weighted by Gasteiger charge is 2.30. The maximum absolute atomic E-state index is 11.6. The van der Waals surface area contributed by atoms with Gasteiger partial charge in [0.15, 0.2) is 5.78 Å². The summed E-state index contributed by atoms with van der Waals surface area (Å²) in [6.45, 7) is 6.15. The van der Waals surface area contributed by atoms with E-state index < -0.39 is 0 Å². The molecule has 1 aliphatic carbocycles. The first-order valence-electron chi connectivity index (χ1n) is 5.13. The van der Waals surface area contributed by atoms with Gasteiger partial charge in [-0.25, -0.2) is 0 Å². The van der Waals surface area contributed by atoms with Crippen LogP contribution in [0.25, 0.3) is 0 Å². The van der Waals surface area contributed by atoms with Crippen LogP contribution in [0.2, 0.25) is 0 Å². The molecule has 0 aromatic carbocycles. The fourth-order valence-corrected chi connectivity index (χ4v) is 1.93. The molecule has 0 aromatic heterocycles. The van der Waals surface area contributed by atoms with Crippen molar-refractivity contribution >= 4 is 12.1 Å². The second-order valence-corrected chi connectivity index (χ2v) is 4.97. The van der Waals surface area contributed by atoms with E-state index in [2.05, 4.69) is 19.9 Å². The first-order valence-corrected chi connectivity index (χ1v) is 5.13. The van der Waals surface area contributed by atoms with Crippen molar-refractivity contribution in [2.45, 2.75) is 40.0 Å². The third-order valence-corrected chi connectivity index (χ3v) is 2.61. The summed E-state index contributed by atoms with van der Waals surface area (Å²) in [5.41, 5.74) is 0.942. The minimum atomic E-state index is 0.0211. The van der Waals surface area contributed by atoms with Gasteiger partial charge in [0.2, 0.25) is 0 Å². The predicted octanol–water partition coefficient (Wildman–Crippen LogP) is 2.53. The van der Waals surface area contributed by atoms with Crippen LogP contribution in [0, 0.1) is 11.3 Å². The lowest BCUT2D eigenvalue weighted by Crippen LogP contribution is -2.06. The van der Waals surface area contributed by atoms with Crippen LogP contribution >= 0.6 is 0 Å². The lowest BCUT2D eigenvalue weighted by Gasteiger charge is -2.10. The quantitative estimate of drug-likeness (QED) is 0.644. The molecule has 0 aliphatic heterocycles. The molecular weight excluding hydrogens is 176 g/mol. The van der Waals surface area contributed by atoms with Gasteiger partial charge < -0.3 is 4.79 Å². The molecule has 1 rings (SSSR count). The van der Waals surface area contributed by atoms with Crippen LogP contribution in [-0.2, 0) is 9.59 Å². The Morgan fingerprint density at radius 1 is 1.57 bits per heavy atom. The van der Waals surface area contributed by atoms with E-state index in [1.165, 1.54) is 0 Å². The molecule has 1 aliphatic rings. The van der Waals surface area contributed by atoms with Crippen molar-refractivity contribution in [2.24, 2.45) is 11.3 Å². The number of rotatable bonds is 4. The zero-order valence-corrected chi connectivity index (χ0v) is 9.17. The molecule has 1 atom stereocenters. The third-order valence-electron chi connectivity index (χ3n) is 2.61. The molecule has 2 nitrogen and oxygen atoms in total. The second kappa shape index (κ2) is 4.07. The van der Waals surface area contributed by atoms with Crippen molar-refractivity contribution in [1.82, 2.24) is 0 Å². The smallest absolute Gasteiger partial charge is 0.159 e. The number of hydrogen-bond donors (Lipinski definition) is 0. The summed E-state index contributed by atoms with van der Waals surface area (Å²) in [6, 6.07) is 0. The normalized spacial score (nSPS) is 21.9. The summed E-state index contributed by atoms with van der Waals surface area (Å²) < 4.78 is 0. The minimum absolute atomic E-state index is 0.0211. The van der Waals surface area contributed by atoms with Gasteiger partial charge in [-0.2, -0.15) is 0 Å². The molecule has 0 radical (unpaired) electrons. The summed E-state index contributed by atoms with van der Waals surface area (Å²) in [7, 11) is 0. The van der Waals surface area contributed by atoms with E-state index in [0.717, 1.165) is 18.3 Å². The van der Waals surface area contributed by atoms with Gasteiger partial charge in [0, 0.05) is 12.8 Å². The van der Waals surface area contributed by atoms with Gasteiger partial charge in [-0.15, -0.1) is 0 Å². The first kappa shape index (κ1) is 11.2. The number of carbonyl (C=O) groups is 2. The highest BCUT2D eigenvalue weighted by atomic mass is 16.1. The van der Waals surface area contributed by atoms with Gasteiger partial charge in [-0.3, -0.25) is 4.79 Å². The van der Waals surface area contributed by atoms with Crippen molar-refractivity contribution in [2.75, 3.05) is 0 Å². The molecule has 0 saturated heterocycles. The van der Waals surface area contributed by atoms with E-state index >= 15 is 0 Å². The Bertz CT molecular complexity index is 274. The Hall–Kier alpha value is -0.920. The Balaban J connectivity index is 2.61. The van der Waals surface area contributed by atoms with E-state index in [4.69, 9.17) is 0 Å². The van der Waals surface area contributed by atoms with Crippen LogP contribution in [0.15, 0.2) is 11.6 Å². The molecule has 0 N–H and O–H groups in total. The average molecular weight is 194 g/mol. The topological polar surface area (TPSA) is 34.1 Å². The van der Waals surface area contributed by atoms with E-state index in [1.807, 2.05) is 6.92 Å². The molecule has 2 heteroatoms. The van der Waals surface area contributed by atoms with E-state index in [0.29, 0.717) is 12.8 Å².